The number of rotatable bonds is 5. The first kappa shape index (κ1) is 15.0. The Morgan fingerprint density at radius 2 is 2.04 bits per heavy atom. The molecule has 0 unspecified atom stereocenters. The van der Waals surface area contributed by atoms with Crippen molar-refractivity contribution in [1.82, 2.24) is 24.6 Å². The highest BCUT2D eigenvalue weighted by Gasteiger charge is 2.10. The second-order valence-electron chi connectivity index (χ2n) is 5.27. The first-order valence-electron chi connectivity index (χ1n) is 7.33. The number of hydrogen-bond acceptors (Lipinski definition) is 4. The summed E-state index contributed by atoms with van der Waals surface area (Å²) in [4.78, 5) is 28.4. The van der Waals surface area contributed by atoms with Gasteiger partial charge in [0, 0.05) is 13.6 Å². The van der Waals surface area contributed by atoms with E-state index in [-0.39, 0.29) is 18.0 Å². The lowest BCUT2D eigenvalue weighted by molar-refractivity contribution is -0.121. The molecule has 3 rings (SSSR count). The van der Waals surface area contributed by atoms with Gasteiger partial charge < -0.3 is 5.32 Å². The molecule has 0 fully saturated rings. The van der Waals surface area contributed by atoms with E-state index in [0.29, 0.717) is 17.6 Å². The van der Waals surface area contributed by atoms with Crippen molar-refractivity contribution in [2.24, 2.45) is 7.05 Å². The van der Waals surface area contributed by atoms with Gasteiger partial charge in [-0.3, -0.25) is 18.8 Å². The number of hydrogen-bond donors (Lipinski definition) is 1. The summed E-state index contributed by atoms with van der Waals surface area (Å²) in [5.74, 6) is -0.215. The summed E-state index contributed by atoms with van der Waals surface area (Å²) in [6.45, 7) is 0.478. The van der Waals surface area contributed by atoms with Crippen LogP contribution < -0.4 is 10.9 Å². The van der Waals surface area contributed by atoms with Crippen LogP contribution in [-0.2, 0) is 24.8 Å². The normalized spacial score (nSPS) is 10.8. The highest BCUT2D eigenvalue weighted by Crippen LogP contribution is 2.03. The quantitative estimate of drug-likeness (QED) is 0.743. The third-order valence-electron chi connectivity index (χ3n) is 3.61. The molecule has 2 aromatic heterocycles. The summed E-state index contributed by atoms with van der Waals surface area (Å²) in [7, 11) is 1.72. The summed E-state index contributed by atoms with van der Waals surface area (Å²) in [5, 5.41) is 7.22. The van der Waals surface area contributed by atoms with E-state index in [2.05, 4.69) is 15.4 Å². The van der Waals surface area contributed by atoms with E-state index in [4.69, 9.17) is 0 Å². The minimum Gasteiger partial charge on any atom is -0.354 e. The van der Waals surface area contributed by atoms with Crippen molar-refractivity contribution in [3.05, 3.63) is 58.8 Å². The number of nitrogens with zero attached hydrogens (tertiary/aromatic N) is 4. The summed E-state index contributed by atoms with van der Waals surface area (Å²) in [6, 6.07) is 9.90. The molecule has 1 N–H and O–H groups in total. The number of carbonyl (C=O) groups is 1. The number of aryl methyl sites for hydroxylation is 1. The molecule has 1 amide bonds. The van der Waals surface area contributed by atoms with Crippen LogP contribution in [0.1, 0.15) is 5.56 Å². The van der Waals surface area contributed by atoms with Crippen molar-refractivity contribution in [1.29, 1.82) is 0 Å². The van der Waals surface area contributed by atoms with E-state index in [1.807, 2.05) is 30.3 Å². The molecule has 118 valence electrons. The van der Waals surface area contributed by atoms with Gasteiger partial charge in [0.2, 0.25) is 5.91 Å². The summed E-state index contributed by atoms with van der Waals surface area (Å²) in [6.07, 6.45) is 3.60. The third kappa shape index (κ3) is 3.28. The molecule has 2 heterocycles. The van der Waals surface area contributed by atoms with Crippen molar-refractivity contribution in [3.8, 4) is 0 Å². The van der Waals surface area contributed by atoms with Gasteiger partial charge in [0.25, 0.3) is 5.56 Å². The van der Waals surface area contributed by atoms with Crippen LogP contribution in [0.3, 0.4) is 0 Å². The number of nitrogens with one attached hydrogen (secondary N) is 1. The molecule has 0 saturated heterocycles. The molecule has 0 atom stereocenters. The number of aromatic nitrogens is 4. The lowest BCUT2D eigenvalue weighted by Gasteiger charge is -2.07. The van der Waals surface area contributed by atoms with E-state index < -0.39 is 0 Å². The molecule has 0 spiro atoms. The molecule has 0 bridgehead atoms. The lowest BCUT2D eigenvalue weighted by Crippen LogP contribution is -2.33. The van der Waals surface area contributed by atoms with Crippen molar-refractivity contribution < 1.29 is 4.79 Å². The fourth-order valence-corrected chi connectivity index (χ4v) is 2.38. The highest BCUT2D eigenvalue weighted by atomic mass is 16.2. The Morgan fingerprint density at radius 1 is 1.26 bits per heavy atom. The van der Waals surface area contributed by atoms with Crippen LogP contribution in [0, 0.1) is 0 Å². The molecule has 0 aliphatic heterocycles. The van der Waals surface area contributed by atoms with Crippen LogP contribution in [0.15, 0.2) is 47.7 Å². The zero-order valence-electron chi connectivity index (χ0n) is 12.8. The van der Waals surface area contributed by atoms with Crippen LogP contribution in [0.5, 0.6) is 0 Å². The highest BCUT2D eigenvalue weighted by molar-refractivity contribution is 5.77. The molecule has 0 aliphatic carbocycles. The Bertz CT molecular complexity index is 882. The van der Waals surface area contributed by atoms with Crippen LogP contribution >= 0.6 is 0 Å². The first-order valence-corrected chi connectivity index (χ1v) is 7.33. The smallest absolute Gasteiger partial charge is 0.264 e. The van der Waals surface area contributed by atoms with Crippen molar-refractivity contribution in [2.45, 2.75) is 13.0 Å². The first-order chi connectivity index (χ1) is 11.1. The Labute approximate surface area is 132 Å². The second-order valence-corrected chi connectivity index (χ2v) is 5.27. The minimum absolute atomic E-state index is 0.0501. The second kappa shape index (κ2) is 6.43. The van der Waals surface area contributed by atoms with E-state index in [9.17, 15) is 9.59 Å². The molecular formula is C16H17N5O2. The fourth-order valence-electron chi connectivity index (χ4n) is 2.38. The van der Waals surface area contributed by atoms with Gasteiger partial charge >= 0.3 is 0 Å². The molecule has 0 saturated carbocycles. The molecule has 0 aliphatic rings. The molecule has 7 heteroatoms. The Hall–Kier alpha value is -2.96. The summed E-state index contributed by atoms with van der Waals surface area (Å²) >= 11 is 0. The number of benzene rings is 1. The van der Waals surface area contributed by atoms with Gasteiger partial charge in [0.1, 0.15) is 18.3 Å². The van der Waals surface area contributed by atoms with Crippen molar-refractivity contribution >= 4 is 16.9 Å². The Morgan fingerprint density at radius 3 is 2.83 bits per heavy atom. The van der Waals surface area contributed by atoms with Gasteiger partial charge in [0.15, 0.2) is 5.65 Å². The fraction of sp³-hybridized carbons (Fsp3) is 0.250. The van der Waals surface area contributed by atoms with E-state index in [0.717, 1.165) is 12.0 Å². The average Bonchev–Trinajstić information content (AvgIpc) is 2.93. The predicted molar refractivity (Wildman–Crippen MR) is 85.9 cm³/mol. The van der Waals surface area contributed by atoms with Crippen LogP contribution in [0.4, 0.5) is 0 Å². The van der Waals surface area contributed by atoms with Crippen LogP contribution in [0.25, 0.3) is 11.0 Å². The summed E-state index contributed by atoms with van der Waals surface area (Å²) in [5.41, 5.74) is 1.40. The molecule has 23 heavy (non-hydrogen) atoms. The van der Waals surface area contributed by atoms with E-state index >= 15 is 0 Å². The van der Waals surface area contributed by atoms with Crippen molar-refractivity contribution in [2.75, 3.05) is 6.54 Å². The number of amides is 1. The maximum atomic E-state index is 12.3. The minimum atomic E-state index is -0.263. The van der Waals surface area contributed by atoms with Crippen LogP contribution in [0.2, 0.25) is 0 Å². The average molecular weight is 311 g/mol. The van der Waals surface area contributed by atoms with Crippen LogP contribution in [-0.4, -0.2) is 31.8 Å². The zero-order valence-corrected chi connectivity index (χ0v) is 12.8. The lowest BCUT2D eigenvalue weighted by atomic mass is 10.1. The molecule has 7 nitrogen and oxygen atoms in total. The third-order valence-corrected chi connectivity index (χ3v) is 3.61. The van der Waals surface area contributed by atoms with Gasteiger partial charge in [-0.1, -0.05) is 30.3 Å². The molecule has 1 aromatic carbocycles. The van der Waals surface area contributed by atoms with Gasteiger partial charge in [-0.2, -0.15) is 5.10 Å². The largest absolute Gasteiger partial charge is 0.354 e. The summed E-state index contributed by atoms with van der Waals surface area (Å²) < 4.78 is 2.82. The molecular weight excluding hydrogens is 294 g/mol. The topological polar surface area (TPSA) is 81.8 Å². The van der Waals surface area contributed by atoms with Gasteiger partial charge in [-0.15, -0.1) is 0 Å². The van der Waals surface area contributed by atoms with Gasteiger partial charge in [-0.05, 0) is 12.0 Å². The standard InChI is InChI=1S/C16H17N5O2/c1-20-15-13(9-19-20)16(23)21(11-18-15)10-14(22)17-8-7-12-5-3-2-4-6-12/h2-6,9,11H,7-8,10H2,1H3,(H,17,22). The molecule has 3 aromatic rings. The Balaban J connectivity index is 1.62. The van der Waals surface area contributed by atoms with Gasteiger partial charge in [0.05, 0.1) is 6.20 Å². The maximum absolute atomic E-state index is 12.3. The number of fused-ring (bicyclic) bond motifs is 1. The predicted octanol–water partition coefficient (Wildman–Crippen LogP) is 0.489. The van der Waals surface area contributed by atoms with Crippen molar-refractivity contribution in [3.63, 3.8) is 0 Å². The monoisotopic (exact) mass is 311 g/mol. The SMILES string of the molecule is Cn1ncc2c(=O)n(CC(=O)NCCc3ccccc3)cnc21. The van der Waals surface area contributed by atoms with Gasteiger partial charge in [-0.25, -0.2) is 4.98 Å². The molecule has 0 radical (unpaired) electrons. The zero-order chi connectivity index (χ0) is 16.2. The van der Waals surface area contributed by atoms with E-state index in [1.54, 1.807) is 7.05 Å². The number of carbonyl (C=O) groups excluding carboxylic acids is 1. The Kier molecular flexibility index (Phi) is 4.18. The maximum Gasteiger partial charge on any atom is 0.264 e. The van der Waals surface area contributed by atoms with E-state index in [1.165, 1.54) is 21.8 Å².